The van der Waals surface area contributed by atoms with Gasteiger partial charge in [0.15, 0.2) is 0 Å². The summed E-state index contributed by atoms with van der Waals surface area (Å²) in [5, 5.41) is 0. The predicted octanol–water partition coefficient (Wildman–Crippen LogP) is 0.989. The lowest BCUT2D eigenvalue weighted by atomic mass is 10.1. The molecule has 0 spiro atoms. The molecule has 2 N–H and O–H groups in total. The van der Waals surface area contributed by atoms with Crippen molar-refractivity contribution in [2.24, 2.45) is 0 Å². The molecule has 2 heterocycles. The normalized spacial score (nSPS) is 15.3. The second-order valence-corrected chi connectivity index (χ2v) is 2.68. The lowest BCUT2D eigenvalue weighted by Crippen LogP contribution is -2.10. The molecule has 3 nitrogen and oxygen atoms in total. The van der Waals surface area contributed by atoms with Crippen molar-refractivity contribution >= 4 is 5.69 Å². The first-order valence-electron chi connectivity index (χ1n) is 3.73. The molecular formula is C8H10N2O. The third kappa shape index (κ3) is 1.13. The summed E-state index contributed by atoms with van der Waals surface area (Å²) in [6.07, 6.45) is 3.73. The van der Waals surface area contributed by atoms with E-state index >= 15 is 0 Å². The molecule has 1 aliphatic heterocycles. The number of aryl methyl sites for hydroxylation is 1. The molecule has 1 aromatic rings. The van der Waals surface area contributed by atoms with Crippen molar-refractivity contribution in [3.8, 4) is 5.88 Å². The molecule has 0 fully saturated rings. The zero-order chi connectivity index (χ0) is 7.68. The Morgan fingerprint density at radius 3 is 3.36 bits per heavy atom. The van der Waals surface area contributed by atoms with E-state index in [0.29, 0.717) is 5.69 Å². The van der Waals surface area contributed by atoms with E-state index in [0.717, 1.165) is 30.9 Å². The van der Waals surface area contributed by atoms with Crippen molar-refractivity contribution in [3.05, 3.63) is 17.8 Å². The topological polar surface area (TPSA) is 48.1 Å². The summed E-state index contributed by atoms with van der Waals surface area (Å²) in [5.74, 6) is 0.755. The first kappa shape index (κ1) is 6.46. The first-order valence-corrected chi connectivity index (χ1v) is 3.73. The van der Waals surface area contributed by atoms with Crippen LogP contribution >= 0.6 is 0 Å². The quantitative estimate of drug-likeness (QED) is 0.600. The van der Waals surface area contributed by atoms with Crippen molar-refractivity contribution in [2.75, 3.05) is 12.3 Å². The molecule has 0 aliphatic carbocycles. The molecule has 58 valence electrons. The smallest absolute Gasteiger partial charge is 0.216 e. The molecule has 0 bridgehead atoms. The van der Waals surface area contributed by atoms with Crippen LogP contribution in [0.4, 0.5) is 5.69 Å². The van der Waals surface area contributed by atoms with Gasteiger partial charge in [0.1, 0.15) is 0 Å². The van der Waals surface area contributed by atoms with Crippen LogP contribution in [0.2, 0.25) is 0 Å². The highest BCUT2D eigenvalue weighted by Gasteiger charge is 2.10. The van der Waals surface area contributed by atoms with Crippen LogP contribution in [-0.4, -0.2) is 11.6 Å². The number of anilines is 1. The monoisotopic (exact) mass is 150 g/mol. The Kier molecular flexibility index (Phi) is 1.42. The van der Waals surface area contributed by atoms with Crippen LogP contribution in [0.3, 0.4) is 0 Å². The van der Waals surface area contributed by atoms with E-state index in [-0.39, 0.29) is 0 Å². The van der Waals surface area contributed by atoms with E-state index < -0.39 is 0 Å². The van der Waals surface area contributed by atoms with Crippen LogP contribution in [0.1, 0.15) is 12.0 Å². The molecule has 0 saturated heterocycles. The maximum atomic E-state index is 5.56. The van der Waals surface area contributed by atoms with Gasteiger partial charge in [0.05, 0.1) is 18.5 Å². The molecule has 2 rings (SSSR count). The number of hydrogen-bond acceptors (Lipinski definition) is 3. The SMILES string of the molecule is Nc1cnc2c(c1)CCCO2. The first-order chi connectivity index (χ1) is 5.36. The number of aromatic nitrogens is 1. The molecule has 0 aromatic carbocycles. The Balaban J connectivity index is 2.43. The van der Waals surface area contributed by atoms with E-state index in [1.54, 1.807) is 6.20 Å². The number of nitrogens with two attached hydrogens (primary N) is 1. The zero-order valence-electron chi connectivity index (χ0n) is 6.21. The number of fused-ring (bicyclic) bond motifs is 1. The Morgan fingerprint density at radius 1 is 1.55 bits per heavy atom. The predicted molar refractivity (Wildman–Crippen MR) is 42.5 cm³/mol. The largest absolute Gasteiger partial charge is 0.477 e. The van der Waals surface area contributed by atoms with E-state index in [9.17, 15) is 0 Å². The molecule has 0 saturated carbocycles. The van der Waals surface area contributed by atoms with Gasteiger partial charge in [-0.2, -0.15) is 0 Å². The number of ether oxygens (including phenoxy) is 1. The summed E-state index contributed by atoms with van der Waals surface area (Å²) >= 11 is 0. The van der Waals surface area contributed by atoms with E-state index in [1.165, 1.54) is 0 Å². The van der Waals surface area contributed by atoms with Gasteiger partial charge in [-0.1, -0.05) is 0 Å². The van der Waals surface area contributed by atoms with Crippen molar-refractivity contribution in [1.29, 1.82) is 0 Å². The second-order valence-electron chi connectivity index (χ2n) is 2.68. The van der Waals surface area contributed by atoms with Crippen LogP contribution in [0.5, 0.6) is 5.88 Å². The van der Waals surface area contributed by atoms with Gasteiger partial charge >= 0.3 is 0 Å². The molecule has 0 radical (unpaired) electrons. The van der Waals surface area contributed by atoms with Crippen LogP contribution in [-0.2, 0) is 6.42 Å². The van der Waals surface area contributed by atoms with Crippen LogP contribution in [0.15, 0.2) is 12.3 Å². The highest BCUT2D eigenvalue weighted by atomic mass is 16.5. The Morgan fingerprint density at radius 2 is 2.45 bits per heavy atom. The van der Waals surface area contributed by atoms with Gasteiger partial charge in [0.2, 0.25) is 5.88 Å². The summed E-state index contributed by atoms with van der Waals surface area (Å²) in [5.41, 5.74) is 7.42. The van der Waals surface area contributed by atoms with Gasteiger partial charge in [0, 0.05) is 5.56 Å². The zero-order valence-corrected chi connectivity index (χ0v) is 6.21. The lowest BCUT2D eigenvalue weighted by molar-refractivity contribution is 0.276. The maximum Gasteiger partial charge on any atom is 0.216 e. The van der Waals surface area contributed by atoms with Gasteiger partial charge in [-0.05, 0) is 18.9 Å². The van der Waals surface area contributed by atoms with E-state index in [1.807, 2.05) is 6.07 Å². The number of rotatable bonds is 0. The van der Waals surface area contributed by atoms with Gasteiger partial charge in [-0.25, -0.2) is 4.98 Å². The third-order valence-electron chi connectivity index (χ3n) is 1.78. The third-order valence-corrected chi connectivity index (χ3v) is 1.78. The summed E-state index contributed by atoms with van der Waals surface area (Å²) in [4.78, 5) is 4.07. The van der Waals surface area contributed by atoms with Gasteiger partial charge < -0.3 is 10.5 Å². The van der Waals surface area contributed by atoms with Crippen molar-refractivity contribution < 1.29 is 4.74 Å². The average Bonchev–Trinajstić information content (AvgIpc) is 2.04. The van der Waals surface area contributed by atoms with Gasteiger partial charge in [-0.15, -0.1) is 0 Å². The molecular weight excluding hydrogens is 140 g/mol. The molecule has 0 unspecified atom stereocenters. The molecule has 0 amide bonds. The minimum Gasteiger partial charge on any atom is -0.477 e. The van der Waals surface area contributed by atoms with Crippen molar-refractivity contribution in [1.82, 2.24) is 4.98 Å². The fourth-order valence-corrected chi connectivity index (χ4v) is 1.26. The van der Waals surface area contributed by atoms with Crippen molar-refractivity contribution in [2.45, 2.75) is 12.8 Å². The van der Waals surface area contributed by atoms with Crippen LogP contribution < -0.4 is 10.5 Å². The van der Waals surface area contributed by atoms with E-state index in [4.69, 9.17) is 10.5 Å². The number of nitrogens with zero attached hydrogens (tertiary/aromatic N) is 1. The average molecular weight is 150 g/mol. The minimum absolute atomic E-state index is 0.717. The van der Waals surface area contributed by atoms with E-state index in [2.05, 4.69) is 4.98 Å². The standard InChI is InChI=1S/C8H10N2O/c9-7-4-6-2-1-3-11-8(6)10-5-7/h4-5H,1-3,9H2. The summed E-state index contributed by atoms with van der Waals surface area (Å²) in [7, 11) is 0. The maximum absolute atomic E-state index is 5.56. The second kappa shape index (κ2) is 2.42. The van der Waals surface area contributed by atoms with Crippen LogP contribution in [0.25, 0.3) is 0 Å². The Hall–Kier alpha value is -1.25. The fraction of sp³-hybridized carbons (Fsp3) is 0.375. The Bertz CT molecular complexity index is 273. The highest BCUT2D eigenvalue weighted by molar-refractivity contribution is 5.43. The highest BCUT2D eigenvalue weighted by Crippen LogP contribution is 2.22. The summed E-state index contributed by atoms with van der Waals surface area (Å²) < 4.78 is 5.31. The molecule has 0 atom stereocenters. The van der Waals surface area contributed by atoms with Crippen LogP contribution in [0, 0.1) is 0 Å². The van der Waals surface area contributed by atoms with Gasteiger partial charge in [0.25, 0.3) is 0 Å². The lowest BCUT2D eigenvalue weighted by Gasteiger charge is -2.15. The molecule has 3 heteroatoms. The van der Waals surface area contributed by atoms with Crippen molar-refractivity contribution in [3.63, 3.8) is 0 Å². The summed E-state index contributed by atoms with van der Waals surface area (Å²) in [6.45, 7) is 0.782. The molecule has 11 heavy (non-hydrogen) atoms. The number of nitrogen functional groups attached to an aromatic ring is 1. The fourth-order valence-electron chi connectivity index (χ4n) is 1.26. The summed E-state index contributed by atoms with van der Waals surface area (Å²) in [6, 6.07) is 1.93. The molecule has 1 aromatic heterocycles. The van der Waals surface area contributed by atoms with Gasteiger partial charge in [-0.3, -0.25) is 0 Å². The number of hydrogen-bond donors (Lipinski definition) is 1. The number of pyridine rings is 1. The minimum atomic E-state index is 0.717. The molecule has 1 aliphatic rings. The Labute approximate surface area is 65.2 Å².